The molecule has 6 N–H and O–H groups in total. The van der Waals surface area contributed by atoms with Crippen LogP contribution in [-0.2, 0) is 20.8 Å². The number of Topliss-reactive ketones (excluding diaryl/α,β-unsaturated/α-hetero) is 3. The highest BCUT2D eigenvalue weighted by atomic mass is 16.3. The molecule has 1 heterocycles. The van der Waals surface area contributed by atoms with Gasteiger partial charge in [-0.1, -0.05) is 0 Å². The van der Waals surface area contributed by atoms with Crippen LogP contribution >= 0.6 is 0 Å². The fourth-order valence-electron chi connectivity index (χ4n) is 7.02. The summed E-state index contributed by atoms with van der Waals surface area (Å²) in [5.74, 6) is -7.73. The number of aliphatic hydroxyl groups is 3. The predicted octanol–water partition coefficient (Wildman–Crippen LogP) is -0.533. The molecule has 224 valence electrons. The Labute approximate surface area is 241 Å². The number of aliphatic hydroxyl groups excluding tert-OH is 2. The van der Waals surface area contributed by atoms with Gasteiger partial charge in [-0.05, 0) is 50.6 Å². The topological polar surface area (TPSA) is 202 Å². The van der Waals surface area contributed by atoms with Gasteiger partial charge in [0.05, 0.1) is 18.2 Å². The molecule has 0 spiro atoms. The molecule has 1 aliphatic heterocycles. The average molecular weight is 583 g/mol. The fraction of sp³-hybridized carbons (Fsp3) is 0.483. The number of aromatic hydroxyl groups is 1. The number of phenols is 1. The highest BCUT2D eigenvalue weighted by Gasteiger charge is 2.63. The van der Waals surface area contributed by atoms with Gasteiger partial charge in [-0.25, -0.2) is 0 Å². The van der Waals surface area contributed by atoms with Gasteiger partial charge in [-0.3, -0.25) is 33.8 Å². The third kappa shape index (κ3) is 4.30. The number of hydrogen-bond acceptors (Lipinski definition) is 11. The van der Waals surface area contributed by atoms with Crippen molar-refractivity contribution in [2.75, 3.05) is 46.8 Å². The minimum absolute atomic E-state index is 0.0299. The normalized spacial score (nSPS) is 28.0. The molecule has 42 heavy (non-hydrogen) atoms. The molecule has 0 saturated carbocycles. The van der Waals surface area contributed by atoms with Crippen molar-refractivity contribution in [3.8, 4) is 5.75 Å². The molecule has 1 saturated heterocycles. The van der Waals surface area contributed by atoms with E-state index in [1.54, 1.807) is 19.0 Å². The van der Waals surface area contributed by atoms with Crippen molar-refractivity contribution in [2.45, 2.75) is 31.4 Å². The maximum Gasteiger partial charge on any atom is 0.255 e. The zero-order chi connectivity index (χ0) is 30.8. The van der Waals surface area contributed by atoms with Crippen LogP contribution in [0.4, 0.5) is 0 Å². The molecule has 13 heteroatoms. The second-order valence-electron chi connectivity index (χ2n) is 11.7. The summed E-state index contributed by atoms with van der Waals surface area (Å²) in [5, 5.41) is 44.7. The molecule has 1 aromatic carbocycles. The first-order valence-electron chi connectivity index (χ1n) is 13.7. The maximum absolute atomic E-state index is 13.8. The Balaban J connectivity index is 1.54. The summed E-state index contributed by atoms with van der Waals surface area (Å²) in [6, 6.07) is 1.56. The molecule has 0 bridgehead atoms. The molecular weight excluding hydrogens is 548 g/mol. The van der Waals surface area contributed by atoms with Crippen LogP contribution in [0.25, 0.3) is 0 Å². The van der Waals surface area contributed by atoms with Crippen molar-refractivity contribution in [1.29, 1.82) is 0 Å². The molecule has 2 amide bonds. The number of benzene rings is 1. The van der Waals surface area contributed by atoms with Crippen LogP contribution in [0.3, 0.4) is 0 Å². The number of phenolic OH excluding ortho intramolecular Hbond substituents is 1. The van der Waals surface area contributed by atoms with Crippen molar-refractivity contribution in [1.82, 2.24) is 14.7 Å². The van der Waals surface area contributed by atoms with Crippen LogP contribution in [0, 0.1) is 11.8 Å². The molecule has 0 unspecified atom stereocenters. The van der Waals surface area contributed by atoms with Gasteiger partial charge in [-0.15, -0.1) is 0 Å². The first kappa shape index (κ1) is 29.4. The molecule has 0 aromatic heterocycles. The lowest BCUT2D eigenvalue weighted by atomic mass is 9.58. The number of allylic oxidation sites excluding steroid dienone is 1. The predicted molar refractivity (Wildman–Crippen MR) is 147 cm³/mol. The Morgan fingerprint density at radius 3 is 2.29 bits per heavy atom. The van der Waals surface area contributed by atoms with E-state index in [-0.39, 0.29) is 47.8 Å². The quantitative estimate of drug-likeness (QED) is 0.221. The third-order valence-corrected chi connectivity index (χ3v) is 9.09. The molecule has 1 fully saturated rings. The highest BCUT2D eigenvalue weighted by Crippen LogP contribution is 2.52. The fourth-order valence-corrected chi connectivity index (χ4v) is 7.02. The van der Waals surface area contributed by atoms with Crippen LogP contribution in [0.1, 0.15) is 39.6 Å². The number of nitrogens with two attached hydrogens (primary N) is 1. The summed E-state index contributed by atoms with van der Waals surface area (Å²) in [6.45, 7) is 3.49. The SMILES string of the molecule is CC(=O)N1CCN(CC(=O)c2ccc(O)c3c2C[C@H]2C[C@H]4[C@H](N(C)C)C(O)=C(C(N)=O)C(=O)[C@@]4(O)C(O)=C2C3=O)CC1. The Kier molecular flexibility index (Phi) is 7.24. The molecule has 4 atom stereocenters. The number of hydrogen-bond donors (Lipinski definition) is 5. The van der Waals surface area contributed by atoms with Gasteiger partial charge in [0, 0.05) is 50.2 Å². The lowest BCUT2D eigenvalue weighted by Gasteiger charge is -2.50. The zero-order valence-electron chi connectivity index (χ0n) is 23.6. The van der Waals surface area contributed by atoms with Gasteiger partial charge in [0.1, 0.15) is 22.8 Å². The number of rotatable bonds is 5. The van der Waals surface area contributed by atoms with Crippen LogP contribution in [0.2, 0.25) is 0 Å². The van der Waals surface area contributed by atoms with E-state index in [9.17, 15) is 44.4 Å². The van der Waals surface area contributed by atoms with E-state index in [1.807, 2.05) is 4.90 Å². The molecular formula is C29H34N4O9. The first-order chi connectivity index (χ1) is 19.7. The van der Waals surface area contributed by atoms with E-state index in [4.69, 9.17) is 5.73 Å². The van der Waals surface area contributed by atoms with Crippen LogP contribution in [0.5, 0.6) is 5.75 Å². The summed E-state index contributed by atoms with van der Waals surface area (Å²) in [6.07, 6.45) is -0.0375. The number of fused-ring (bicyclic) bond motifs is 3. The van der Waals surface area contributed by atoms with Gasteiger partial charge in [-0.2, -0.15) is 0 Å². The number of piperazine rings is 1. The number of likely N-dealkylation sites (N-methyl/N-ethyl adjacent to an activating group) is 1. The van der Waals surface area contributed by atoms with Crippen molar-refractivity contribution < 1.29 is 44.4 Å². The lowest BCUT2D eigenvalue weighted by molar-refractivity contribution is -0.148. The summed E-state index contributed by atoms with van der Waals surface area (Å²) < 4.78 is 0. The van der Waals surface area contributed by atoms with Crippen LogP contribution in [-0.4, -0.2) is 123 Å². The first-order valence-corrected chi connectivity index (χ1v) is 13.7. The molecule has 3 aliphatic carbocycles. The van der Waals surface area contributed by atoms with E-state index in [2.05, 4.69) is 0 Å². The van der Waals surface area contributed by atoms with Crippen LogP contribution in [0.15, 0.2) is 34.8 Å². The van der Waals surface area contributed by atoms with Crippen molar-refractivity contribution in [2.24, 2.45) is 17.6 Å². The minimum Gasteiger partial charge on any atom is -0.510 e. The van der Waals surface area contributed by atoms with Gasteiger partial charge < -0.3 is 31.1 Å². The summed E-state index contributed by atoms with van der Waals surface area (Å²) >= 11 is 0. The largest absolute Gasteiger partial charge is 0.510 e. The second-order valence-corrected chi connectivity index (χ2v) is 11.7. The molecule has 4 aliphatic rings. The van der Waals surface area contributed by atoms with E-state index >= 15 is 0 Å². The number of amides is 2. The van der Waals surface area contributed by atoms with Crippen molar-refractivity contribution >= 4 is 29.2 Å². The Hall–Kier alpha value is -4.07. The number of carbonyl (C=O) groups excluding carboxylic acids is 5. The van der Waals surface area contributed by atoms with Gasteiger partial charge in [0.2, 0.25) is 11.7 Å². The lowest BCUT2D eigenvalue weighted by Crippen LogP contribution is -2.63. The van der Waals surface area contributed by atoms with Gasteiger partial charge in [0.15, 0.2) is 17.2 Å². The Morgan fingerprint density at radius 1 is 1.07 bits per heavy atom. The molecule has 5 rings (SSSR count). The molecule has 13 nitrogen and oxygen atoms in total. The van der Waals surface area contributed by atoms with E-state index in [0.29, 0.717) is 31.7 Å². The average Bonchev–Trinajstić information content (AvgIpc) is 2.90. The minimum atomic E-state index is -2.73. The Morgan fingerprint density at radius 2 is 1.71 bits per heavy atom. The number of ketones is 3. The number of carbonyl (C=O) groups is 5. The standard InChI is InChI=1S/C29H34N4O9/c1-13(34)33-8-6-32(7-9-33)12-19(36)15-4-5-18(35)21-16(15)10-14-11-17-23(31(2)3)25(38)22(28(30)41)27(40)29(17,42)26(39)20(14)24(21)37/h4-5,14,17,23,35,38-39,42H,6-12H2,1-3H3,(H2,30,41)/t14-,17-,23-,29-/m0/s1. The van der Waals surface area contributed by atoms with Crippen LogP contribution < -0.4 is 5.73 Å². The zero-order valence-corrected chi connectivity index (χ0v) is 23.6. The maximum atomic E-state index is 13.8. The van der Waals surface area contributed by atoms with Gasteiger partial charge in [0.25, 0.3) is 5.91 Å². The molecule has 1 aromatic rings. The van der Waals surface area contributed by atoms with E-state index < -0.39 is 63.8 Å². The summed E-state index contributed by atoms with van der Waals surface area (Å²) in [4.78, 5) is 69.6. The third-order valence-electron chi connectivity index (χ3n) is 9.09. The summed E-state index contributed by atoms with van der Waals surface area (Å²) in [7, 11) is 3.11. The van der Waals surface area contributed by atoms with E-state index in [1.165, 1.54) is 24.0 Å². The highest BCUT2D eigenvalue weighted by molar-refractivity contribution is 6.25. The number of primary amides is 1. The second kappa shape index (κ2) is 10.3. The Bertz CT molecular complexity index is 1490. The number of nitrogens with zero attached hydrogens (tertiary/aromatic N) is 3. The van der Waals surface area contributed by atoms with Crippen molar-refractivity contribution in [3.05, 3.63) is 51.5 Å². The van der Waals surface area contributed by atoms with E-state index in [0.717, 1.165) is 0 Å². The summed E-state index contributed by atoms with van der Waals surface area (Å²) in [5.41, 5.74) is 1.79. The molecule has 0 radical (unpaired) electrons. The smallest absolute Gasteiger partial charge is 0.255 e. The van der Waals surface area contributed by atoms with Crippen molar-refractivity contribution in [3.63, 3.8) is 0 Å². The van der Waals surface area contributed by atoms with Gasteiger partial charge >= 0.3 is 0 Å². The monoisotopic (exact) mass is 582 g/mol.